The summed E-state index contributed by atoms with van der Waals surface area (Å²) < 4.78 is 4.82. The molecule has 2 aliphatic heterocycles. The predicted molar refractivity (Wildman–Crippen MR) is 76.2 cm³/mol. The fourth-order valence-corrected chi connectivity index (χ4v) is 3.76. The summed E-state index contributed by atoms with van der Waals surface area (Å²) in [5, 5.41) is 0. The molecule has 2 fully saturated rings. The molecule has 0 aromatic rings. The molecule has 4 unspecified atom stereocenters. The number of esters is 1. The molecule has 0 aromatic carbocycles. The van der Waals surface area contributed by atoms with E-state index in [4.69, 9.17) is 4.74 Å². The Balaban J connectivity index is 2.08. The van der Waals surface area contributed by atoms with Gasteiger partial charge in [0.1, 0.15) is 6.04 Å². The van der Waals surface area contributed by atoms with Crippen molar-refractivity contribution in [1.29, 1.82) is 0 Å². The van der Waals surface area contributed by atoms with Crippen LogP contribution >= 0.6 is 0 Å². The van der Waals surface area contributed by atoms with E-state index in [9.17, 15) is 9.59 Å². The molecule has 2 rings (SSSR count). The monoisotopic (exact) mass is 282 g/mol. The molecule has 5 nitrogen and oxygen atoms in total. The van der Waals surface area contributed by atoms with Crippen molar-refractivity contribution in [2.75, 3.05) is 13.7 Å². The van der Waals surface area contributed by atoms with Gasteiger partial charge in [-0.3, -0.25) is 9.69 Å². The van der Waals surface area contributed by atoms with Crippen LogP contribution in [0.15, 0.2) is 0 Å². The molecule has 0 N–H and O–H groups in total. The number of methoxy groups -OCH3 is 1. The number of ether oxygens (including phenoxy) is 1. The highest BCUT2D eigenvalue weighted by molar-refractivity contribution is 5.88. The highest BCUT2D eigenvalue weighted by Gasteiger charge is 2.41. The molecule has 114 valence electrons. The Morgan fingerprint density at radius 3 is 2.30 bits per heavy atom. The molecule has 0 bridgehead atoms. The molecule has 0 saturated carbocycles. The summed E-state index contributed by atoms with van der Waals surface area (Å²) in [5.74, 6) is -0.218. The van der Waals surface area contributed by atoms with Gasteiger partial charge in [-0.1, -0.05) is 0 Å². The van der Waals surface area contributed by atoms with Crippen LogP contribution in [-0.4, -0.2) is 59.5 Å². The summed E-state index contributed by atoms with van der Waals surface area (Å²) in [6, 6.07) is 0.321. The van der Waals surface area contributed by atoms with Gasteiger partial charge in [0.05, 0.1) is 13.2 Å². The zero-order valence-electron chi connectivity index (χ0n) is 13.0. The van der Waals surface area contributed by atoms with Crippen LogP contribution in [-0.2, 0) is 14.3 Å². The first-order valence-corrected chi connectivity index (χ1v) is 7.63. The molecular formula is C15H26N2O3. The SMILES string of the molecule is COC(=O)C1CCCN1C(=O)C(C)N1C(C)CCC1C. The molecule has 4 atom stereocenters. The van der Waals surface area contributed by atoms with Gasteiger partial charge < -0.3 is 9.64 Å². The molecule has 2 aliphatic rings. The van der Waals surface area contributed by atoms with Crippen LogP contribution in [0.25, 0.3) is 0 Å². The lowest BCUT2D eigenvalue weighted by atomic mass is 10.1. The maximum atomic E-state index is 12.7. The molecule has 2 saturated heterocycles. The molecule has 5 heteroatoms. The summed E-state index contributed by atoms with van der Waals surface area (Å²) in [4.78, 5) is 28.5. The third-order valence-electron chi connectivity index (χ3n) is 4.83. The highest BCUT2D eigenvalue weighted by Crippen LogP contribution is 2.28. The summed E-state index contributed by atoms with van der Waals surface area (Å²) in [5.41, 5.74) is 0. The van der Waals surface area contributed by atoms with Crippen LogP contribution in [0.3, 0.4) is 0 Å². The minimum atomic E-state index is -0.386. The number of nitrogens with zero attached hydrogens (tertiary/aromatic N) is 2. The van der Waals surface area contributed by atoms with E-state index in [1.807, 2.05) is 6.92 Å². The van der Waals surface area contributed by atoms with Crippen molar-refractivity contribution in [3.63, 3.8) is 0 Å². The molecular weight excluding hydrogens is 256 g/mol. The Bertz CT molecular complexity index is 375. The van der Waals surface area contributed by atoms with Crippen LogP contribution in [0.5, 0.6) is 0 Å². The smallest absolute Gasteiger partial charge is 0.328 e. The Kier molecular flexibility index (Phi) is 4.68. The van der Waals surface area contributed by atoms with Gasteiger partial charge >= 0.3 is 5.97 Å². The lowest BCUT2D eigenvalue weighted by molar-refractivity contribution is -0.153. The molecule has 20 heavy (non-hydrogen) atoms. The zero-order valence-corrected chi connectivity index (χ0v) is 13.0. The Labute approximate surface area is 121 Å². The van der Waals surface area contributed by atoms with E-state index in [0.29, 0.717) is 18.6 Å². The Hall–Kier alpha value is -1.10. The Morgan fingerprint density at radius 1 is 1.15 bits per heavy atom. The Morgan fingerprint density at radius 2 is 1.75 bits per heavy atom. The van der Waals surface area contributed by atoms with E-state index in [1.165, 1.54) is 7.11 Å². The van der Waals surface area contributed by atoms with Gasteiger partial charge in [0.15, 0.2) is 0 Å². The van der Waals surface area contributed by atoms with Crippen LogP contribution in [0.2, 0.25) is 0 Å². The largest absolute Gasteiger partial charge is 0.467 e. The lowest BCUT2D eigenvalue weighted by Crippen LogP contribution is -2.53. The summed E-state index contributed by atoms with van der Waals surface area (Å²) in [6.45, 7) is 6.98. The van der Waals surface area contributed by atoms with Crippen molar-refractivity contribution in [2.45, 2.75) is 70.6 Å². The van der Waals surface area contributed by atoms with Crippen molar-refractivity contribution in [3.05, 3.63) is 0 Å². The highest BCUT2D eigenvalue weighted by atomic mass is 16.5. The van der Waals surface area contributed by atoms with Gasteiger partial charge in [-0.05, 0) is 46.5 Å². The van der Waals surface area contributed by atoms with Crippen molar-refractivity contribution < 1.29 is 14.3 Å². The van der Waals surface area contributed by atoms with Crippen LogP contribution in [0, 0.1) is 0 Å². The predicted octanol–water partition coefficient (Wildman–Crippen LogP) is 1.41. The lowest BCUT2D eigenvalue weighted by Gasteiger charge is -2.35. The first kappa shape index (κ1) is 15.3. The van der Waals surface area contributed by atoms with Gasteiger partial charge in [0, 0.05) is 18.6 Å². The van der Waals surface area contributed by atoms with E-state index < -0.39 is 0 Å². The number of hydrogen-bond donors (Lipinski definition) is 0. The van der Waals surface area contributed by atoms with Crippen molar-refractivity contribution in [2.24, 2.45) is 0 Å². The fraction of sp³-hybridized carbons (Fsp3) is 0.867. The van der Waals surface area contributed by atoms with Crippen LogP contribution in [0.1, 0.15) is 46.5 Å². The summed E-state index contributed by atoms with van der Waals surface area (Å²) in [7, 11) is 1.39. The molecule has 0 aliphatic carbocycles. The van der Waals surface area contributed by atoms with Crippen molar-refractivity contribution in [3.8, 4) is 0 Å². The third-order valence-corrected chi connectivity index (χ3v) is 4.83. The minimum Gasteiger partial charge on any atom is -0.467 e. The summed E-state index contributed by atoms with van der Waals surface area (Å²) >= 11 is 0. The number of hydrogen-bond acceptors (Lipinski definition) is 4. The molecule has 1 amide bonds. The van der Waals surface area contributed by atoms with Crippen molar-refractivity contribution in [1.82, 2.24) is 9.80 Å². The minimum absolute atomic E-state index is 0.0681. The van der Waals surface area contributed by atoms with Gasteiger partial charge in [-0.2, -0.15) is 0 Å². The second-order valence-corrected chi connectivity index (χ2v) is 6.11. The average molecular weight is 282 g/mol. The number of likely N-dealkylation sites (tertiary alicyclic amines) is 2. The van der Waals surface area contributed by atoms with Gasteiger partial charge in [-0.15, -0.1) is 0 Å². The maximum Gasteiger partial charge on any atom is 0.328 e. The topological polar surface area (TPSA) is 49.9 Å². The van der Waals surface area contributed by atoms with Gasteiger partial charge in [0.25, 0.3) is 0 Å². The van der Waals surface area contributed by atoms with Crippen LogP contribution < -0.4 is 0 Å². The number of carbonyl (C=O) groups excluding carboxylic acids is 2. The zero-order chi connectivity index (χ0) is 14.9. The summed E-state index contributed by atoms with van der Waals surface area (Å²) in [6.07, 6.45) is 3.87. The van der Waals surface area contributed by atoms with Crippen molar-refractivity contribution >= 4 is 11.9 Å². The molecule has 0 radical (unpaired) electrons. The van der Waals surface area contributed by atoms with E-state index in [1.54, 1.807) is 4.90 Å². The maximum absolute atomic E-state index is 12.7. The number of rotatable bonds is 3. The van der Waals surface area contributed by atoms with E-state index in [0.717, 1.165) is 25.7 Å². The fourth-order valence-electron chi connectivity index (χ4n) is 3.76. The van der Waals surface area contributed by atoms with E-state index in [-0.39, 0.29) is 24.0 Å². The van der Waals surface area contributed by atoms with Crippen LogP contribution in [0.4, 0.5) is 0 Å². The quantitative estimate of drug-likeness (QED) is 0.734. The van der Waals surface area contributed by atoms with Gasteiger partial charge in [0.2, 0.25) is 5.91 Å². The number of carbonyl (C=O) groups is 2. The first-order chi connectivity index (χ1) is 9.47. The standard InChI is InChI=1S/C15H26N2O3/c1-10-7-8-11(2)17(10)12(3)14(18)16-9-5-6-13(16)15(19)20-4/h10-13H,5-9H2,1-4H3. The molecule has 2 heterocycles. The first-order valence-electron chi connectivity index (χ1n) is 7.63. The van der Waals surface area contributed by atoms with Gasteiger partial charge in [-0.25, -0.2) is 4.79 Å². The third kappa shape index (κ3) is 2.68. The van der Waals surface area contributed by atoms with E-state index in [2.05, 4.69) is 18.7 Å². The second kappa shape index (κ2) is 6.12. The normalized spacial score (nSPS) is 32.4. The molecule has 0 spiro atoms. The van der Waals surface area contributed by atoms with E-state index >= 15 is 0 Å². The average Bonchev–Trinajstić information content (AvgIpc) is 3.03. The number of amides is 1. The molecule has 0 aromatic heterocycles. The second-order valence-electron chi connectivity index (χ2n) is 6.11.